The monoisotopic (exact) mass is 301 g/mol. The molecule has 0 unspecified atom stereocenters. The molecule has 0 bridgehead atoms. The van der Waals surface area contributed by atoms with E-state index >= 15 is 0 Å². The van der Waals surface area contributed by atoms with Crippen LogP contribution in [0.1, 0.15) is 5.82 Å². The highest BCUT2D eigenvalue weighted by Gasteiger charge is 2.07. The summed E-state index contributed by atoms with van der Waals surface area (Å²) in [6.45, 7) is 2.55. The topological polar surface area (TPSA) is 82.4 Å². The number of fused-ring (bicyclic) bond motifs is 1. The van der Waals surface area contributed by atoms with Crippen LogP contribution in [0, 0.1) is 0 Å². The van der Waals surface area contributed by atoms with Crippen LogP contribution in [0.3, 0.4) is 0 Å². The molecule has 0 aliphatic rings. The van der Waals surface area contributed by atoms with E-state index in [-0.39, 0.29) is 12.4 Å². The Bertz CT molecular complexity index is 519. The number of hydrogen-bond donors (Lipinski definition) is 2. The maximum Gasteiger partial charge on any atom is 0.147 e. The molecule has 112 valence electrons. The van der Waals surface area contributed by atoms with Gasteiger partial charge < -0.3 is 24.9 Å². The van der Waals surface area contributed by atoms with Crippen molar-refractivity contribution in [2.75, 3.05) is 33.5 Å². The summed E-state index contributed by atoms with van der Waals surface area (Å²) in [6.07, 6.45) is 0. The molecule has 1 heterocycles. The van der Waals surface area contributed by atoms with Crippen LogP contribution >= 0.6 is 12.4 Å². The Labute approximate surface area is 124 Å². The largest absolute Gasteiger partial charge is 0.489 e. The van der Waals surface area contributed by atoms with Crippen molar-refractivity contribution in [2.24, 2.45) is 5.73 Å². The Hall–Kier alpha value is -1.34. The molecule has 0 saturated carbocycles. The first-order chi connectivity index (χ1) is 9.35. The molecule has 2 aromatic rings. The van der Waals surface area contributed by atoms with Crippen LogP contribution in [-0.4, -0.2) is 43.5 Å². The van der Waals surface area contributed by atoms with Gasteiger partial charge in [0, 0.05) is 7.11 Å². The molecule has 0 atom stereocenters. The number of para-hydroxylation sites is 1. The molecule has 6 nitrogen and oxygen atoms in total. The van der Waals surface area contributed by atoms with Crippen molar-refractivity contribution in [1.29, 1.82) is 0 Å². The maximum atomic E-state index is 5.67. The second-order valence-corrected chi connectivity index (χ2v) is 3.99. The summed E-state index contributed by atoms with van der Waals surface area (Å²) in [5.41, 5.74) is 7.30. The number of nitrogens with zero attached hydrogens (tertiary/aromatic N) is 1. The molecule has 1 aromatic carbocycles. The number of nitrogens with two attached hydrogens (primary N) is 1. The minimum atomic E-state index is 0. The van der Waals surface area contributed by atoms with Gasteiger partial charge in [0.05, 0.1) is 31.9 Å². The SMILES string of the molecule is COCCOCCOc1cccc2[nH]c(CN)nc12.Cl. The van der Waals surface area contributed by atoms with Gasteiger partial charge in [0.15, 0.2) is 0 Å². The number of rotatable bonds is 8. The molecular formula is C13H20ClN3O3. The van der Waals surface area contributed by atoms with E-state index in [0.717, 1.165) is 22.6 Å². The predicted octanol–water partition coefficient (Wildman–Crippen LogP) is 1.49. The molecule has 0 aliphatic heterocycles. The van der Waals surface area contributed by atoms with E-state index in [1.54, 1.807) is 7.11 Å². The lowest BCUT2D eigenvalue weighted by molar-refractivity contribution is 0.0546. The fourth-order valence-electron chi connectivity index (χ4n) is 1.72. The Morgan fingerprint density at radius 2 is 2.00 bits per heavy atom. The van der Waals surface area contributed by atoms with Crippen LogP contribution in [0.4, 0.5) is 0 Å². The van der Waals surface area contributed by atoms with Crippen LogP contribution in [0.5, 0.6) is 5.75 Å². The third-order valence-corrected chi connectivity index (χ3v) is 2.64. The molecule has 0 fully saturated rings. The number of nitrogens with one attached hydrogen (secondary N) is 1. The molecule has 0 radical (unpaired) electrons. The van der Waals surface area contributed by atoms with Gasteiger partial charge in [-0.25, -0.2) is 4.98 Å². The summed E-state index contributed by atoms with van der Waals surface area (Å²) in [5.74, 6) is 1.49. The fourth-order valence-corrected chi connectivity index (χ4v) is 1.72. The number of aromatic amines is 1. The van der Waals surface area contributed by atoms with Crippen LogP contribution < -0.4 is 10.5 Å². The van der Waals surface area contributed by atoms with E-state index in [2.05, 4.69) is 9.97 Å². The van der Waals surface area contributed by atoms with Crippen molar-refractivity contribution in [3.05, 3.63) is 24.0 Å². The van der Waals surface area contributed by atoms with Crippen molar-refractivity contribution < 1.29 is 14.2 Å². The highest BCUT2D eigenvalue weighted by molar-refractivity contribution is 5.85. The molecule has 0 amide bonds. The van der Waals surface area contributed by atoms with E-state index in [1.165, 1.54) is 0 Å². The Morgan fingerprint density at radius 1 is 1.20 bits per heavy atom. The molecule has 0 aliphatic carbocycles. The van der Waals surface area contributed by atoms with Crippen molar-refractivity contribution >= 4 is 23.4 Å². The first-order valence-corrected chi connectivity index (χ1v) is 6.22. The Kier molecular flexibility index (Phi) is 7.32. The van der Waals surface area contributed by atoms with E-state index in [9.17, 15) is 0 Å². The number of ether oxygens (including phenoxy) is 3. The number of methoxy groups -OCH3 is 1. The lowest BCUT2D eigenvalue weighted by Gasteiger charge is -2.07. The number of halogens is 1. The normalized spacial score (nSPS) is 10.5. The quantitative estimate of drug-likeness (QED) is 0.722. The van der Waals surface area contributed by atoms with Crippen molar-refractivity contribution in [2.45, 2.75) is 6.54 Å². The smallest absolute Gasteiger partial charge is 0.147 e. The van der Waals surface area contributed by atoms with Crippen LogP contribution in [0.2, 0.25) is 0 Å². The van der Waals surface area contributed by atoms with Crippen LogP contribution in [0.15, 0.2) is 18.2 Å². The van der Waals surface area contributed by atoms with Gasteiger partial charge in [0.2, 0.25) is 0 Å². The zero-order valence-corrected chi connectivity index (χ0v) is 12.2. The summed E-state index contributed by atoms with van der Waals surface area (Å²) < 4.78 is 15.9. The Morgan fingerprint density at radius 3 is 2.75 bits per heavy atom. The van der Waals surface area contributed by atoms with Gasteiger partial charge in [-0.2, -0.15) is 0 Å². The minimum absolute atomic E-state index is 0. The highest BCUT2D eigenvalue weighted by Crippen LogP contribution is 2.23. The number of benzene rings is 1. The summed E-state index contributed by atoms with van der Waals surface area (Å²) >= 11 is 0. The summed E-state index contributed by atoms with van der Waals surface area (Å²) in [6, 6.07) is 5.75. The van der Waals surface area contributed by atoms with E-state index in [4.69, 9.17) is 19.9 Å². The predicted molar refractivity (Wildman–Crippen MR) is 79.4 cm³/mol. The van der Waals surface area contributed by atoms with Gasteiger partial charge in [-0.1, -0.05) is 6.07 Å². The average Bonchev–Trinajstić information content (AvgIpc) is 2.86. The lowest BCUT2D eigenvalue weighted by atomic mass is 10.3. The van der Waals surface area contributed by atoms with E-state index in [0.29, 0.717) is 33.0 Å². The maximum absolute atomic E-state index is 5.67. The third-order valence-electron chi connectivity index (χ3n) is 2.64. The zero-order valence-electron chi connectivity index (χ0n) is 11.4. The number of aromatic nitrogens is 2. The molecule has 3 N–H and O–H groups in total. The minimum Gasteiger partial charge on any atom is -0.489 e. The fraction of sp³-hybridized carbons (Fsp3) is 0.462. The van der Waals surface area contributed by atoms with Crippen molar-refractivity contribution in [3.8, 4) is 5.75 Å². The molecule has 20 heavy (non-hydrogen) atoms. The van der Waals surface area contributed by atoms with E-state index in [1.807, 2.05) is 18.2 Å². The van der Waals surface area contributed by atoms with Gasteiger partial charge in [0.25, 0.3) is 0 Å². The highest BCUT2D eigenvalue weighted by atomic mass is 35.5. The van der Waals surface area contributed by atoms with Crippen molar-refractivity contribution in [1.82, 2.24) is 9.97 Å². The molecule has 0 spiro atoms. The lowest BCUT2D eigenvalue weighted by Crippen LogP contribution is -2.10. The number of hydrogen-bond acceptors (Lipinski definition) is 5. The van der Waals surface area contributed by atoms with Crippen molar-refractivity contribution in [3.63, 3.8) is 0 Å². The Balaban J connectivity index is 0.00000200. The molecule has 7 heteroatoms. The van der Waals surface area contributed by atoms with Gasteiger partial charge in [-0.3, -0.25) is 0 Å². The summed E-state index contributed by atoms with van der Waals surface area (Å²) in [7, 11) is 1.65. The van der Waals surface area contributed by atoms with Gasteiger partial charge in [-0.15, -0.1) is 12.4 Å². The van der Waals surface area contributed by atoms with E-state index < -0.39 is 0 Å². The first-order valence-electron chi connectivity index (χ1n) is 6.22. The molecule has 2 rings (SSSR count). The van der Waals surface area contributed by atoms with Crippen LogP contribution in [0.25, 0.3) is 11.0 Å². The standard InChI is InChI=1S/C13H19N3O3.ClH/c1-17-5-6-18-7-8-19-11-4-2-3-10-13(11)16-12(9-14)15-10;/h2-4H,5-9,14H2,1H3,(H,15,16);1H. The molecule has 0 saturated heterocycles. The second kappa shape index (κ2) is 8.76. The second-order valence-electron chi connectivity index (χ2n) is 3.99. The molecular weight excluding hydrogens is 282 g/mol. The molecule has 1 aromatic heterocycles. The summed E-state index contributed by atoms with van der Waals surface area (Å²) in [5, 5.41) is 0. The average molecular weight is 302 g/mol. The number of imidazole rings is 1. The first kappa shape index (κ1) is 16.7. The van der Waals surface area contributed by atoms with Gasteiger partial charge >= 0.3 is 0 Å². The van der Waals surface area contributed by atoms with Crippen LogP contribution in [-0.2, 0) is 16.0 Å². The third kappa shape index (κ3) is 4.35. The van der Waals surface area contributed by atoms with Gasteiger partial charge in [0.1, 0.15) is 23.7 Å². The number of H-pyrrole nitrogens is 1. The zero-order chi connectivity index (χ0) is 13.5. The summed E-state index contributed by atoms with van der Waals surface area (Å²) in [4.78, 5) is 7.53. The van der Waals surface area contributed by atoms with Gasteiger partial charge in [-0.05, 0) is 12.1 Å².